The Morgan fingerprint density at radius 1 is 0.708 bits per heavy atom. The number of nitrogens with zero attached hydrogens (tertiary/aromatic N) is 2. The molecule has 2 atom stereocenters. The fraction of sp³-hybridized carbons (Fsp3) is 0.359. The summed E-state index contributed by atoms with van der Waals surface area (Å²) in [7, 11) is 10.7. The Morgan fingerprint density at radius 3 is 2.08 bits per heavy atom. The first-order valence-electron chi connectivity index (χ1n) is 16.4. The van der Waals surface area contributed by atoms with Crippen LogP contribution in [0.4, 0.5) is 0 Å². The van der Waals surface area contributed by atoms with Crippen LogP contribution >= 0.6 is 0 Å². The Balaban J connectivity index is 1.46. The predicted molar refractivity (Wildman–Crippen MR) is 182 cm³/mol. The maximum absolute atomic E-state index is 12.8. The van der Waals surface area contributed by atoms with Crippen LogP contribution in [-0.2, 0) is 30.4 Å². The number of hydrogen-bond donors (Lipinski definition) is 0. The summed E-state index contributed by atoms with van der Waals surface area (Å²) >= 11 is 0. The summed E-state index contributed by atoms with van der Waals surface area (Å²) in [4.78, 5) is 17.5. The fourth-order valence-electron chi connectivity index (χ4n) is 7.40. The molecule has 4 heterocycles. The molecule has 8 rings (SSSR count). The van der Waals surface area contributed by atoms with Crippen LogP contribution in [-0.4, -0.2) is 71.4 Å². The molecule has 9 heteroatoms. The Kier molecular flexibility index (Phi) is 8.66. The van der Waals surface area contributed by atoms with E-state index in [0.717, 1.165) is 49.0 Å². The first-order valence-corrected chi connectivity index (χ1v) is 16.4. The summed E-state index contributed by atoms with van der Waals surface area (Å²) in [6.07, 6.45) is 3.15. The highest BCUT2D eigenvalue weighted by atomic mass is 16.5. The number of esters is 1. The Hall–Kier alpha value is -4.73. The fourth-order valence-corrected chi connectivity index (χ4v) is 7.40. The van der Waals surface area contributed by atoms with Crippen LogP contribution in [0.3, 0.4) is 0 Å². The van der Waals surface area contributed by atoms with Gasteiger partial charge in [0.25, 0.3) is 0 Å². The molecule has 6 bridgehead atoms. The number of likely N-dealkylation sites (N-methyl/N-ethyl adjacent to an activating group) is 2. The highest BCUT2D eigenvalue weighted by Crippen LogP contribution is 2.51. The number of fused-ring (bicyclic) bond motifs is 2. The molecule has 4 aliphatic heterocycles. The van der Waals surface area contributed by atoms with Crippen molar-refractivity contribution < 1.29 is 33.2 Å². The third-order valence-electron chi connectivity index (χ3n) is 10.1. The highest BCUT2D eigenvalue weighted by Gasteiger charge is 2.34. The van der Waals surface area contributed by atoms with Gasteiger partial charge in [-0.1, -0.05) is 18.2 Å². The van der Waals surface area contributed by atoms with Crippen molar-refractivity contribution in [2.24, 2.45) is 0 Å². The number of carbonyl (C=O) groups excluding carboxylic acids is 1. The molecule has 0 amide bonds. The highest BCUT2D eigenvalue weighted by molar-refractivity contribution is 5.92. The summed E-state index contributed by atoms with van der Waals surface area (Å²) in [5.41, 5.74) is 7.18. The molecule has 0 saturated carbocycles. The lowest BCUT2D eigenvalue weighted by Gasteiger charge is -2.37. The normalized spacial score (nSPS) is 18.8. The van der Waals surface area contributed by atoms with Gasteiger partial charge >= 0.3 is 5.97 Å². The lowest BCUT2D eigenvalue weighted by atomic mass is 9.87. The number of rotatable bonds is 4. The Labute approximate surface area is 281 Å². The molecule has 4 aromatic carbocycles. The van der Waals surface area contributed by atoms with Crippen LogP contribution in [0.5, 0.6) is 40.2 Å². The third kappa shape index (κ3) is 5.71. The number of carbonyl (C=O) groups is 1. The van der Waals surface area contributed by atoms with Crippen molar-refractivity contribution in [1.82, 2.24) is 9.80 Å². The molecule has 0 fully saturated rings. The molecule has 48 heavy (non-hydrogen) atoms. The zero-order chi connectivity index (χ0) is 33.5. The van der Waals surface area contributed by atoms with Gasteiger partial charge in [-0.25, -0.2) is 4.79 Å². The zero-order valence-corrected chi connectivity index (χ0v) is 28.4. The van der Waals surface area contributed by atoms with Crippen molar-refractivity contribution in [2.45, 2.75) is 37.8 Å². The third-order valence-corrected chi connectivity index (χ3v) is 10.1. The summed E-state index contributed by atoms with van der Waals surface area (Å²) < 4.78 is 36.4. The van der Waals surface area contributed by atoms with Crippen LogP contribution in [0.1, 0.15) is 55.8 Å². The van der Waals surface area contributed by atoms with Crippen molar-refractivity contribution in [3.8, 4) is 40.2 Å². The first-order chi connectivity index (χ1) is 23.3. The van der Waals surface area contributed by atoms with Crippen molar-refractivity contribution in [2.75, 3.05) is 55.6 Å². The summed E-state index contributed by atoms with van der Waals surface area (Å²) in [6, 6.07) is 20.2. The van der Waals surface area contributed by atoms with Gasteiger partial charge in [-0.15, -0.1) is 0 Å². The summed E-state index contributed by atoms with van der Waals surface area (Å²) in [5, 5.41) is 0. The van der Waals surface area contributed by atoms with E-state index in [0.29, 0.717) is 52.2 Å². The number of benzene rings is 4. The SMILES string of the molecule is COC(=O)c1ccc2cc1Oc1ccc(cc1)C[C@H]1c3c(cc(OC)c(OC)c3Oc3cc4c(cc3OC)CCN(C)[C@@H]4C2)CCN1C. The molecule has 0 N–H and O–H groups in total. The van der Waals surface area contributed by atoms with Crippen LogP contribution in [0.15, 0.2) is 60.7 Å². The van der Waals surface area contributed by atoms with Crippen LogP contribution in [0.2, 0.25) is 0 Å². The van der Waals surface area contributed by atoms with E-state index < -0.39 is 5.97 Å². The molecule has 0 aromatic heterocycles. The van der Waals surface area contributed by atoms with Crippen molar-refractivity contribution in [3.05, 3.63) is 99.6 Å². The second-order valence-corrected chi connectivity index (χ2v) is 12.8. The summed E-state index contributed by atoms with van der Waals surface area (Å²) in [5.74, 6) is 3.80. The monoisotopic (exact) mass is 650 g/mol. The van der Waals surface area contributed by atoms with Gasteiger partial charge in [0.2, 0.25) is 5.75 Å². The smallest absolute Gasteiger partial charge is 0.341 e. The average molecular weight is 651 g/mol. The molecule has 4 aliphatic rings. The van der Waals surface area contributed by atoms with E-state index in [4.69, 9.17) is 28.4 Å². The van der Waals surface area contributed by atoms with Gasteiger partial charge in [0, 0.05) is 30.7 Å². The maximum Gasteiger partial charge on any atom is 0.341 e. The van der Waals surface area contributed by atoms with Gasteiger partial charge in [0.1, 0.15) is 17.1 Å². The molecule has 0 aliphatic carbocycles. The largest absolute Gasteiger partial charge is 0.493 e. The quantitative estimate of drug-likeness (QED) is 0.218. The second-order valence-electron chi connectivity index (χ2n) is 12.8. The molecule has 0 unspecified atom stereocenters. The molecule has 0 saturated heterocycles. The van der Waals surface area contributed by atoms with Crippen LogP contribution < -0.4 is 23.7 Å². The standard InChI is InChI=1S/C39H42N2O7/c1-40-15-13-25-20-33(43-3)34-22-29(25)30(40)18-24-9-12-28(39(42)46-6)32(19-24)47-27-10-7-23(8-11-27)17-31-36-26(14-16-41(31)2)21-35(44-4)37(45-5)38(36)48-34/h7-12,19-22,30-31H,13-18H2,1-6H3/t30-,31+/m1/s1. The van der Waals surface area contributed by atoms with E-state index >= 15 is 0 Å². The Bertz CT molecular complexity index is 1850. The lowest BCUT2D eigenvalue weighted by Crippen LogP contribution is -2.34. The van der Waals surface area contributed by atoms with E-state index in [9.17, 15) is 4.79 Å². The maximum atomic E-state index is 12.8. The minimum Gasteiger partial charge on any atom is -0.493 e. The van der Waals surface area contributed by atoms with Gasteiger partial charge in [-0.2, -0.15) is 0 Å². The Morgan fingerprint density at radius 2 is 1.38 bits per heavy atom. The number of hydrogen-bond acceptors (Lipinski definition) is 9. The van der Waals surface area contributed by atoms with E-state index in [-0.39, 0.29) is 12.1 Å². The van der Waals surface area contributed by atoms with Crippen LogP contribution in [0, 0.1) is 0 Å². The number of methoxy groups -OCH3 is 4. The van der Waals surface area contributed by atoms with Gasteiger partial charge < -0.3 is 28.4 Å². The molecule has 9 nitrogen and oxygen atoms in total. The minimum atomic E-state index is -0.439. The van der Waals surface area contributed by atoms with Gasteiger partial charge in [-0.05, 0) is 110 Å². The lowest BCUT2D eigenvalue weighted by molar-refractivity contribution is 0.0598. The van der Waals surface area contributed by atoms with E-state index in [2.05, 4.69) is 54.2 Å². The van der Waals surface area contributed by atoms with Crippen molar-refractivity contribution in [3.63, 3.8) is 0 Å². The van der Waals surface area contributed by atoms with Gasteiger partial charge in [-0.3, -0.25) is 9.80 Å². The molecule has 0 radical (unpaired) electrons. The molecule has 4 aromatic rings. The minimum absolute atomic E-state index is 0.000629. The zero-order valence-electron chi connectivity index (χ0n) is 28.4. The molecular formula is C39H42N2O7. The summed E-state index contributed by atoms with van der Waals surface area (Å²) in [6.45, 7) is 1.78. The van der Waals surface area contributed by atoms with E-state index in [1.165, 1.54) is 23.8 Å². The average Bonchev–Trinajstić information content (AvgIpc) is 3.10. The van der Waals surface area contributed by atoms with E-state index in [1.807, 2.05) is 24.3 Å². The predicted octanol–water partition coefficient (Wildman–Crippen LogP) is 6.94. The molecular weight excluding hydrogens is 608 g/mol. The van der Waals surface area contributed by atoms with Crippen LogP contribution in [0.25, 0.3) is 0 Å². The topological polar surface area (TPSA) is 78.9 Å². The van der Waals surface area contributed by atoms with Crippen molar-refractivity contribution in [1.29, 1.82) is 0 Å². The second kappa shape index (κ2) is 13.1. The first kappa shape index (κ1) is 31.8. The van der Waals surface area contributed by atoms with Gasteiger partial charge in [0.05, 0.1) is 28.4 Å². The molecule has 250 valence electrons. The van der Waals surface area contributed by atoms with Crippen molar-refractivity contribution >= 4 is 5.97 Å². The number of ether oxygens (including phenoxy) is 6. The van der Waals surface area contributed by atoms with E-state index in [1.54, 1.807) is 27.4 Å². The molecule has 0 spiro atoms. The van der Waals surface area contributed by atoms with Gasteiger partial charge in [0.15, 0.2) is 23.0 Å².